The smallest absolute Gasteiger partial charge is 0.0948 e. The number of nitrogens with zero attached hydrogens (tertiary/aromatic N) is 2. The van der Waals surface area contributed by atoms with Gasteiger partial charge in [0, 0.05) is 33.0 Å². The fraction of sp³-hybridized carbons (Fsp3) is 0.750. The van der Waals surface area contributed by atoms with Crippen LogP contribution in [0.1, 0.15) is 26.0 Å². The van der Waals surface area contributed by atoms with Gasteiger partial charge in [0.2, 0.25) is 0 Å². The fourth-order valence-corrected chi connectivity index (χ4v) is 1.74. The summed E-state index contributed by atoms with van der Waals surface area (Å²) in [5, 5.41) is 3.15. The Morgan fingerprint density at radius 2 is 2.25 bits per heavy atom. The van der Waals surface area contributed by atoms with E-state index in [1.165, 1.54) is 5.69 Å². The highest BCUT2D eigenvalue weighted by Gasteiger charge is 2.19. The lowest BCUT2D eigenvalue weighted by atomic mass is 9.89. The van der Waals surface area contributed by atoms with Crippen LogP contribution in [-0.4, -0.2) is 30.3 Å². The molecule has 0 amide bonds. The Hall–Kier alpha value is -0.870. The third kappa shape index (κ3) is 3.94. The highest BCUT2D eigenvalue weighted by molar-refractivity contribution is 4.98. The van der Waals surface area contributed by atoms with Crippen LogP contribution in [0.15, 0.2) is 12.5 Å². The summed E-state index contributed by atoms with van der Waals surface area (Å²) in [5.74, 6) is 0. The minimum absolute atomic E-state index is 0.235. The minimum Gasteiger partial charge on any atom is -0.385 e. The highest BCUT2D eigenvalue weighted by Crippen LogP contribution is 2.23. The molecule has 92 valence electrons. The van der Waals surface area contributed by atoms with E-state index in [1.807, 2.05) is 19.6 Å². The van der Waals surface area contributed by atoms with Gasteiger partial charge in [-0.15, -0.1) is 0 Å². The maximum absolute atomic E-state index is 5.14. The SMILES string of the molecule is CNCc1cncn1CC(C)(C)CCOC. The maximum Gasteiger partial charge on any atom is 0.0948 e. The number of hydrogen-bond acceptors (Lipinski definition) is 3. The van der Waals surface area contributed by atoms with Crippen LogP contribution in [0.4, 0.5) is 0 Å². The molecule has 1 aromatic rings. The number of imidazole rings is 1. The lowest BCUT2D eigenvalue weighted by Crippen LogP contribution is -2.23. The predicted octanol–water partition coefficient (Wildman–Crippen LogP) is 1.67. The molecule has 0 bridgehead atoms. The lowest BCUT2D eigenvalue weighted by molar-refractivity contribution is 0.142. The molecule has 0 unspecified atom stereocenters. The van der Waals surface area contributed by atoms with Crippen molar-refractivity contribution in [2.45, 2.75) is 33.4 Å². The molecule has 0 radical (unpaired) electrons. The second-order valence-electron chi connectivity index (χ2n) is 4.95. The Bertz CT molecular complexity index is 307. The number of hydrogen-bond donors (Lipinski definition) is 1. The van der Waals surface area contributed by atoms with Crippen molar-refractivity contribution in [1.82, 2.24) is 14.9 Å². The molecular weight excluding hydrogens is 202 g/mol. The van der Waals surface area contributed by atoms with E-state index in [2.05, 4.69) is 28.7 Å². The summed E-state index contributed by atoms with van der Waals surface area (Å²) in [6.45, 7) is 7.17. The monoisotopic (exact) mass is 225 g/mol. The second-order valence-corrected chi connectivity index (χ2v) is 4.95. The first-order valence-corrected chi connectivity index (χ1v) is 5.71. The van der Waals surface area contributed by atoms with Gasteiger partial charge in [-0.05, 0) is 18.9 Å². The molecule has 1 aromatic heterocycles. The third-order valence-corrected chi connectivity index (χ3v) is 2.74. The van der Waals surface area contributed by atoms with Crippen LogP contribution in [0.3, 0.4) is 0 Å². The predicted molar refractivity (Wildman–Crippen MR) is 65.3 cm³/mol. The summed E-state index contributed by atoms with van der Waals surface area (Å²) in [6, 6.07) is 0. The van der Waals surface area contributed by atoms with Gasteiger partial charge in [-0.1, -0.05) is 13.8 Å². The first-order chi connectivity index (χ1) is 7.59. The fourth-order valence-electron chi connectivity index (χ4n) is 1.74. The average Bonchev–Trinajstić information content (AvgIpc) is 2.63. The van der Waals surface area contributed by atoms with E-state index < -0.39 is 0 Å². The number of aromatic nitrogens is 2. The van der Waals surface area contributed by atoms with Gasteiger partial charge in [0.1, 0.15) is 0 Å². The zero-order valence-electron chi connectivity index (χ0n) is 10.8. The molecule has 4 heteroatoms. The summed E-state index contributed by atoms with van der Waals surface area (Å²) in [5.41, 5.74) is 1.46. The van der Waals surface area contributed by atoms with Crippen LogP contribution in [0.25, 0.3) is 0 Å². The Balaban J connectivity index is 2.60. The Morgan fingerprint density at radius 1 is 1.50 bits per heavy atom. The van der Waals surface area contributed by atoms with Gasteiger partial charge >= 0.3 is 0 Å². The third-order valence-electron chi connectivity index (χ3n) is 2.74. The van der Waals surface area contributed by atoms with Gasteiger partial charge in [-0.25, -0.2) is 4.98 Å². The number of rotatable bonds is 7. The quantitative estimate of drug-likeness (QED) is 0.767. The van der Waals surface area contributed by atoms with Gasteiger partial charge in [0.15, 0.2) is 0 Å². The summed E-state index contributed by atoms with van der Waals surface area (Å²) < 4.78 is 7.35. The minimum atomic E-state index is 0.235. The molecule has 0 atom stereocenters. The zero-order chi connectivity index (χ0) is 12.0. The molecule has 16 heavy (non-hydrogen) atoms. The van der Waals surface area contributed by atoms with Crippen LogP contribution >= 0.6 is 0 Å². The topological polar surface area (TPSA) is 39.1 Å². The van der Waals surface area contributed by atoms with Crippen molar-refractivity contribution < 1.29 is 4.74 Å². The molecule has 0 aromatic carbocycles. The Morgan fingerprint density at radius 3 is 2.88 bits per heavy atom. The molecule has 0 aliphatic carbocycles. The van der Waals surface area contributed by atoms with Crippen molar-refractivity contribution in [1.29, 1.82) is 0 Å². The number of nitrogens with one attached hydrogen (secondary N) is 1. The van der Waals surface area contributed by atoms with E-state index in [1.54, 1.807) is 7.11 Å². The van der Waals surface area contributed by atoms with E-state index in [-0.39, 0.29) is 5.41 Å². The molecule has 0 saturated carbocycles. The summed E-state index contributed by atoms with van der Waals surface area (Å²) in [6.07, 6.45) is 4.88. The van der Waals surface area contributed by atoms with Crippen LogP contribution in [0, 0.1) is 5.41 Å². The normalized spacial score (nSPS) is 12.0. The van der Waals surface area contributed by atoms with E-state index in [4.69, 9.17) is 4.74 Å². The largest absolute Gasteiger partial charge is 0.385 e. The van der Waals surface area contributed by atoms with Gasteiger partial charge in [0.05, 0.1) is 12.0 Å². The van der Waals surface area contributed by atoms with Crippen molar-refractivity contribution in [3.05, 3.63) is 18.2 Å². The molecular formula is C12H23N3O. The first-order valence-electron chi connectivity index (χ1n) is 5.71. The molecule has 1 rings (SSSR count). The van der Waals surface area contributed by atoms with Crippen molar-refractivity contribution in [2.75, 3.05) is 20.8 Å². The molecule has 0 fully saturated rings. The summed E-state index contributed by atoms with van der Waals surface area (Å²) >= 11 is 0. The van der Waals surface area contributed by atoms with Crippen LogP contribution in [-0.2, 0) is 17.8 Å². The molecule has 0 aliphatic rings. The van der Waals surface area contributed by atoms with Crippen molar-refractivity contribution in [2.24, 2.45) is 5.41 Å². The highest BCUT2D eigenvalue weighted by atomic mass is 16.5. The molecule has 0 spiro atoms. The van der Waals surface area contributed by atoms with E-state index in [9.17, 15) is 0 Å². The van der Waals surface area contributed by atoms with Gasteiger partial charge < -0.3 is 14.6 Å². The van der Waals surface area contributed by atoms with Gasteiger partial charge in [-0.3, -0.25) is 0 Å². The molecule has 0 aliphatic heterocycles. The van der Waals surface area contributed by atoms with Crippen LogP contribution in [0.2, 0.25) is 0 Å². The second kappa shape index (κ2) is 6.01. The first kappa shape index (κ1) is 13.2. The Labute approximate surface area is 98.0 Å². The van der Waals surface area contributed by atoms with Gasteiger partial charge in [-0.2, -0.15) is 0 Å². The average molecular weight is 225 g/mol. The van der Waals surface area contributed by atoms with Crippen molar-refractivity contribution >= 4 is 0 Å². The summed E-state index contributed by atoms with van der Waals surface area (Å²) in [7, 11) is 3.70. The van der Waals surface area contributed by atoms with Crippen molar-refractivity contribution in [3.63, 3.8) is 0 Å². The van der Waals surface area contributed by atoms with Gasteiger partial charge in [0.25, 0.3) is 0 Å². The maximum atomic E-state index is 5.14. The standard InChI is InChI=1S/C12H23N3O/c1-12(2,5-6-16-4)9-15-10-14-8-11(15)7-13-3/h8,10,13H,5-7,9H2,1-4H3. The molecule has 1 N–H and O–H groups in total. The van der Waals surface area contributed by atoms with E-state index >= 15 is 0 Å². The van der Waals surface area contributed by atoms with Crippen LogP contribution < -0.4 is 5.32 Å². The zero-order valence-corrected chi connectivity index (χ0v) is 10.8. The lowest BCUT2D eigenvalue weighted by Gasteiger charge is -2.25. The molecule has 1 heterocycles. The number of methoxy groups -OCH3 is 1. The Kier molecular flexibility index (Phi) is 4.96. The van der Waals surface area contributed by atoms with E-state index in [0.29, 0.717) is 0 Å². The number of ether oxygens (including phenoxy) is 1. The summed E-state index contributed by atoms with van der Waals surface area (Å²) in [4.78, 5) is 4.20. The van der Waals surface area contributed by atoms with E-state index in [0.717, 1.165) is 26.1 Å². The molecule has 4 nitrogen and oxygen atoms in total. The van der Waals surface area contributed by atoms with Crippen LogP contribution in [0.5, 0.6) is 0 Å². The van der Waals surface area contributed by atoms with Crippen molar-refractivity contribution in [3.8, 4) is 0 Å². The molecule has 0 saturated heterocycles.